The predicted molar refractivity (Wildman–Crippen MR) is 85.2 cm³/mol. The van der Waals surface area contributed by atoms with Gasteiger partial charge in [0, 0.05) is 19.6 Å². The number of carbonyl (C=O) groups is 1. The fourth-order valence-electron chi connectivity index (χ4n) is 3.92. The Balaban J connectivity index is 1.51. The number of alkyl halides is 3. The topological polar surface area (TPSA) is 23.6 Å². The van der Waals surface area contributed by atoms with E-state index in [9.17, 15) is 22.4 Å². The Bertz CT molecular complexity index is 624. The smallest absolute Gasteiger partial charge is 0.342 e. The maximum absolute atomic E-state index is 13.3. The monoisotopic (exact) mass is 358 g/mol. The molecule has 1 spiro atoms. The van der Waals surface area contributed by atoms with Gasteiger partial charge in [0.25, 0.3) is 0 Å². The van der Waals surface area contributed by atoms with E-state index in [1.165, 1.54) is 17.0 Å². The second kappa shape index (κ2) is 6.94. The van der Waals surface area contributed by atoms with Crippen molar-refractivity contribution in [2.75, 3.05) is 26.2 Å². The third kappa shape index (κ3) is 4.71. The molecule has 2 aliphatic rings. The highest BCUT2D eigenvalue weighted by Gasteiger charge is 2.43. The van der Waals surface area contributed by atoms with Crippen LogP contribution in [0.4, 0.5) is 17.6 Å². The molecule has 3 rings (SSSR count). The molecule has 2 aliphatic heterocycles. The van der Waals surface area contributed by atoms with Crippen LogP contribution in [0.5, 0.6) is 0 Å². The Morgan fingerprint density at radius 1 is 1.12 bits per heavy atom. The molecule has 7 heteroatoms. The van der Waals surface area contributed by atoms with Crippen molar-refractivity contribution < 1.29 is 22.4 Å². The number of rotatable bonds is 3. The van der Waals surface area contributed by atoms with Gasteiger partial charge in [0.15, 0.2) is 0 Å². The van der Waals surface area contributed by atoms with Crippen molar-refractivity contribution >= 4 is 5.91 Å². The average Bonchev–Trinajstić information content (AvgIpc) is 2.93. The van der Waals surface area contributed by atoms with Crippen molar-refractivity contribution in [3.63, 3.8) is 0 Å². The van der Waals surface area contributed by atoms with Crippen molar-refractivity contribution in [2.45, 2.75) is 38.4 Å². The Hall–Kier alpha value is -1.63. The van der Waals surface area contributed by atoms with Crippen LogP contribution in [-0.4, -0.2) is 48.1 Å². The van der Waals surface area contributed by atoms with Crippen LogP contribution in [0.3, 0.4) is 0 Å². The summed E-state index contributed by atoms with van der Waals surface area (Å²) in [6, 6.07) is 6.52. The molecule has 1 aromatic carbocycles. The lowest BCUT2D eigenvalue weighted by atomic mass is 9.77. The number of benzene rings is 1. The summed E-state index contributed by atoms with van der Waals surface area (Å²) in [5.41, 5.74) is 0.865. The van der Waals surface area contributed by atoms with E-state index in [0.717, 1.165) is 37.9 Å². The van der Waals surface area contributed by atoms with Crippen LogP contribution in [0.25, 0.3) is 0 Å². The molecular weight excluding hydrogens is 336 g/mol. The van der Waals surface area contributed by atoms with E-state index >= 15 is 0 Å². The SMILES string of the molecule is O=C(CC(F)(F)F)N1CCC2(CCN(Cc3cccc(F)c3)CC2)C1. The number of amides is 1. The van der Waals surface area contributed by atoms with Crippen molar-refractivity contribution in [2.24, 2.45) is 5.41 Å². The largest absolute Gasteiger partial charge is 0.397 e. The second-order valence-corrected chi connectivity index (χ2v) is 7.26. The summed E-state index contributed by atoms with van der Waals surface area (Å²) in [6.45, 7) is 3.15. The van der Waals surface area contributed by atoms with E-state index < -0.39 is 18.5 Å². The van der Waals surface area contributed by atoms with Crippen LogP contribution in [-0.2, 0) is 11.3 Å². The molecule has 0 bridgehead atoms. The van der Waals surface area contributed by atoms with Gasteiger partial charge in [-0.2, -0.15) is 13.2 Å². The van der Waals surface area contributed by atoms with Gasteiger partial charge in [-0.15, -0.1) is 0 Å². The van der Waals surface area contributed by atoms with E-state index in [0.29, 0.717) is 19.6 Å². The molecule has 25 heavy (non-hydrogen) atoms. The van der Waals surface area contributed by atoms with E-state index in [4.69, 9.17) is 0 Å². The predicted octanol–water partition coefficient (Wildman–Crippen LogP) is 3.59. The Labute approximate surface area is 144 Å². The molecule has 2 fully saturated rings. The highest BCUT2D eigenvalue weighted by molar-refractivity contribution is 5.77. The van der Waals surface area contributed by atoms with Gasteiger partial charge < -0.3 is 4.90 Å². The molecule has 138 valence electrons. The van der Waals surface area contributed by atoms with Crippen LogP contribution in [0.1, 0.15) is 31.2 Å². The van der Waals surface area contributed by atoms with Gasteiger partial charge in [-0.3, -0.25) is 9.69 Å². The van der Waals surface area contributed by atoms with Gasteiger partial charge in [0.05, 0.1) is 0 Å². The molecule has 0 N–H and O–H groups in total. The lowest BCUT2D eigenvalue weighted by molar-refractivity contribution is -0.161. The third-order valence-electron chi connectivity index (χ3n) is 5.35. The number of piperidine rings is 1. The number of nitrogens with zero attached hydrogens (tertiary/aromatic N) is 2. The lowest BCUT2D eigenvalue weighted by Crippen LogP contribution is -2.42. The maximum Gasteiger partial charge on any atom is 0.397 e. The van der Waals surface area contributed by atoms with Crippen molar-refractivity contribution in [1.29, 1.82) is 0 Å². The second-order valence-electron chi connectivity index (χ2n) is 7.26. The van der Waals surface area contributed by atoms with Crippen molar-refractivity contribution in [3.05, 3.63) is 35.6 Å². The Morgan fingerprint density at radius 3 is 2.44 bits per heavy atom. The third-order valence-corrected chi connectivity index (χ3v) is 5.35. The number of halogens is 4. The van der Waals surface area contributed by atoms with Crippen LogP contribution < -0.4 is 0 Å². The van der Waals surface area contributed by atoms with E-state index in [1.54, 1.807) is 6.07 Å². The van der Waals surface area contributed by atoms with Crippen LogP contribution in [0.15, 0.2) is 24.3 Å². The summed E-state index contributed by atoms with van der Waals surface area (Å²) in [5.74, 6) is -1.06. The molecule has 3 nitrogen and oxygen atoms in total. The Kier molecular flexibility index (Phi) is 5.04. The highest BCUT2D eigenvalue weighted by atomic mass is 19.4. The summed E-state index contributed by atoms with van der Waals surface area (Å²) >= 11 is 0. The van der Waals surface area contributed by atoms with Crippen molar-refractivity contribution in [1.82, 2.24) is 9.80 Å². The Morgan fingerprint density at radius 2 is 1.80 bits per heavy atom. The fourth-order valence-corrected chi connectivity index (χ4v) is 3.92. The molecule has 0 radical (unpaired) electrons. The first-order chi connectivity index (χ1) is 11.7. The molecular formula is C18H22F4N2O. The zero-order valence-electron chi connectivity index (χ0n) is 14.0. The zero-order chi connectivity index (χ0) is 18.1. The van der Waals surface area contributed by atoms with Crippen molar-refractivity contribution in [3.8, 4) is 0 Å². The van der Waals surface area contributed by atoms with Gasteiger partial charge >= 0.3 is 6.18 Å². The van der Waals surface area contributed by atoms with Gasteiger partial charge in [-0.05, 0) is 55.5 Å². The number of hydrogen-bond acceptors (Lipinski definition) is 2. The molecule has 1 aromatic rings. The molecule has 1 amide bonds. The minimum absolute atomic E-state index is 0.0559. The molecule has 0 aliphatic carbocycles. The zero-order valence-corrected chi connectivity index (χ0v) is 14.0. The summed E-state index contributed by atoms with van der Waals surface area (Å²) in [7, 11) is 0. The fraction of sp³-hybridized carbons (Fsp3) is 0.611. The average molecular weight is 358 g/mol. The molecule has 0 saturated carbocycles. The molecule has 0 atom stereocenters. The van der Waals surface area contributed by atoms with E-state index in [1.807, 2.05) is 6.07 Å². The summed E-state index contributed by atoms with van der Waals surface area (Å²) in [6.07, 6.45) is -3.32. The molecule has 2 heterocycles. The summed E-state index contributed by atoms with van der Waals surface area (Å²) < 4.78 is 50.5. The van der Waals surface area contributed by atoms with E-state index in [2.05, 4.69) is 4.90 Å². The minimum atomic E-state index is -4.44. The molecule has 2 saturated heterocycles. The first-order valence-electron chi connectivity index (χ1n) is 8.56. The van der Waals surface area contributed by atoms with Gasteiger partial charge in [0.1, 0.15) is 12.2 Å². The highest BCUT2D eigenvalue weighted by Crippen LogP contribution is 2.41. The first kappa shape index (κ1) is 18.2. The molecule has 0 unspecified atom stereocenters. The minimum Gasteiger partial charge on any atom is -0.342 e. The first-order valence-corrected chi connectivity index (χ1v) is 8.56. The van der Waals surface area contributed by atoms with Gasteiger partial charge in [0.2, 0.25) is 5.91 Å². The summed E-state index contributed by atoms with van der Waals surface area (Å²) in [5, 5.41) is 0. The van der Waals surface area contributed by atoms with Gasteiger partial charge in [-0.1, -0.05) is 12.1 Å². The number of hydrogen-bond donors (Lipinski definition) is 0. The van der Waals surface area contributed by atoms with Crippen LogP contribution in [0, 0.1) is 11.2 Å². The molecule has 0 aromatic heterocycles. The normalized spacial score (nSPS) is 21.0. The van der Waals surface area contributed by atoms with Gasteiger partial charge in [-0.25, -0.2) is 4.39 Å². The maximum atomic E-state index is 13.3. The standard InChI is InChI=1S/C18H22F4N2O/c19-15-3-1-2-14(10-15)12-23-7-4-17(5-8-23)6-9-24(13-17)16(25)11-18(20,21)22/h1-3,10H,4-9,11-13H2. The number of likely N-dealkylation sites (tertiary alicyclic amines) is 2. The van der Waals surface area contributed by atoms with Crippen LogP contribution in [0.2, 0.25) is 0 Å². The number of carbonyl (C=O) groups excluding carboxylic acids is 1. The summed E-state index contributed by atoms with van der Waals surface area (Å²) in [4.78, 5) is 15.4. The van der Waals surface area contributed by atoms with Crippen LogP contribution >= 0.6 is 0 Å². The van der Waals surface area contributed by atoms with E-state index in [-0.39, 0.29) is 11.2 Å². The quantitative estimate of drug-likeness (QED) is 0.771. The lowest BCUT2D eigenvalue weighted by Gasteiger charge is -2.39.